The molecular weight excluding hydrogens is 332 g/mol. The van der Waals surface area contributed by atoms with Crippen molar-refractivity contribution >= 4 is 11.8 Å². The van der Waals surface area contributed by atoms with E-state index in [2.05, 4.69) is 17.2 Å². The number of amides is 2. The van der Waals surface area contributed by atoms with E-state index in [0.29, 0.717) is 18.7 Å². The number of ether oxygens (including phenoxy) is 3. The molecule has 0 saturated carbocycles. The van der Waals surface area contributed by atoms with Crippen molar-refractivity contribution in [3.05, 3.63) is 12.2 Å². The van der Waals surface area contributed by atoms with E-state index in [4.69, 9.17) is 14.2 Å². The highest BCUT2D eigenvalue weighted by molar-refractivity contribution is 5.92. The van der Waals surface area contributed by atoms with Crippen molar-refractivity contribution in [2.45, 2.75) is 44.8 Å². The molecule has 0 aliphatic carbocycles. The SMILES string of the molecule is C=C(C)C(=O)NCCOCCO[C@@H]1O[C@H](CO)C[C@H](O)[C@H]1NC(C)=O. The zero-order valence-electron chi connectivity index (χ0n) is 14.7. The van der Waals surface area contributed by atoms with Gasteiger partial charge in [-0.2, -0.15) is 0 Å². The number of rotatable bonds is 10. The van der Waals surface area contributed by atoms with Crippen LogP contribution >= 0.6 is 0 Å². The highest BCUT2D eigenvalue weighted by atomic mass is 16.7. The van der Waals surface area contributed by atoms with Crippen molar-refractivity contribution in [2.24, 2.45) is 0 Å². The molecule has 1 aliphatic rings. The summed E-state index contributed by atoms with van der Waals surface area (Å²) in [5, 5.41) is 24.5. The van der Waals surface area contributed by atoms with Gasteiger partial charge in [0.05, 0.1) is 38.6 Å². The number of carbonyl (C=O) groups is 2. The quantitative estimate of drug-likeness (QED) is 0.281. The van der Waals surface area contributed by atoms with Gasteiger partial charge in [-0.1, -0.05) is 6.58 Å². The first kappa shape index (κ1) is 21.5. The van der Waals surface area contributed by atoms with Crippen molar-refractivity contribution in [3.8, 4) is 0 Å². The van der Waals surface area contributed by atoms with Crippen LogP contribution in [0.1, 0.15) is 20.3 Å². The van der Waals surface area contributed by atoms with E-state index in [1.165, 1.54) is 6.92 Å². The summed E-state index contributed by atoms with van der Waals surface area (Å²) in [5.41, 5.74) is 0.429. The minimum absolute atomic E-state index is 0.167. The van der Waals surface area contributed by atoms with Gasteiger partial charge in [0.15, 0.2) is 6.29 Å². The first-order valence-electron chi connectivity index (χ1n) is 8.19. The lowest BCUT2D eigenvalue weighted by Crippen LogP contribution is -2.58. The Morgan fingerprint density at radius 2 is 2.00 bits per heavy atom. The summed E-state index contributed by atoms with van der Waals surface area (Å²) in [6.45, 7) is 7.31. The lowest BCUT2D eigenvalue weighted by Gasteiger charge is -2.39. The maximum Gasteiger partial charge on any atom is 0.246 e. The Hall–Kier alpha value is -1.52. The van der Waals surface area contributed by atoms with Gasteiger partial charge in [-0.15, -0.1) is 0 Å². The van der Waals surface area contributed by atoms with Gasteiger partial charge in [0, 0.05) is 25.5 Å². The van der Waals surface area contributed by atoms with E-state index in [0.717, 1.165) is 0 Å². The van der Waals surface area contributed by atoms with Gasteiger partial charge in [-0.25, -0.2) is 0 Å². The number of aliphatic hydroxyl groups excluding tert-OH is 2. The minimum Gasteiger partial charge on any atom is -0.394 e. The van der Waals surface area contributed by atoms with Crippen LogP contribution in [0.5, 0.6) is 0 Å². The lowest BCUT2D eigenvalue weighted by molar-refractivity contribution is -0.239. The third kappa shape index (κ3) is 7.93. The van der Waals surface area contributed by atoms with Crippen molar-refractivity contribution in [2.75, 3.05) is 33.0 Å². The predicted molar refractivity (Wildman–Crippen MR) is 88.6 cm³/mol. The molecule has 9 nitrogen and oxygen atoms in total. The number of nitrogens with one attached hydrogen (secondary N) is 2. The van der Waals surface area contributed by atoms with Gasteiger partial charge in [-0.05, 0) is 6.92 Å². The summed E-state index contributed by atoms with van der Waals surface area (Å²) in [7, 11) is 0. The van der Waals surface area contributed by atoms with Crippen molar-refractivity contribution in [1.29, 1.82) is 0 Å². The smallest absolute Gasteiger partial charge is 0.246 e. The highest BCUT2D eigenvalue weighted by Gasteiger charge is 2.38. The average Bonchev–Trinajstić information content (AvgIpc) is 2.55. The number of hydrogen-bond acceptors (Lipinski definition) is 7. The second-order valence-corrected chi connectivity index (χ2v) is 5.86. The van der Waals surface area contributed by atoms with Gasteiger partial charge < -0.3 is 35.1 Å². The minimum atomic E-state index is -0.878. The van der Waals surface area contributed by atoms with Gasteiger partial charge in [0.25, 0.3) is 0 Å². The van der Waals surface area contributed by atoms with Crippen LogP contribution in [0.15, 0.2) is 12.2 Å². The molecule has 1 saturated heterocycles. The summed E-state index contributed by atoms with van der Waals surface area (Å²) in [6, 6.07) is -0.713. The Kier molecular flexibility index (Phi) is 9.61. The molecule has 144 valence electrons. The maximum atomic E-state index is 11.3. The summed E-state index contributed by atoms with van der Waals surface area (Å²) in [6.07, 6.45) is -2.10. The zero-order valence-corrected chi connectivity index (χ0v) is 14.7. The molecule has 0 aromatic rings. The molecule has 1 aliphatic heterocycles. The Balaban J connectivity index is 2.30. The lowest BCUT2D eigenvalue weighted by atomic mass is 10.0. The van der Waals surface area contributed by atoms with Crippen molar-refractivity contribution in [3.63, 3.8) is 0 Å². The van der Waals surface area contributed by atoms with Crippen LogP contribution in [0.3, 0.4) is 0 Å². The number of hydrogen-bond donors (Lipinski definition) is 4. The molecule has 0 bridgehead atoms. The van der Waals surface area contributed by atoms with Crippen molar-refractivity contribution in [1.82, 2.24) is 10.6 Å². The fourth-order valence-electron chi connectivity index (χ4n) is 2.30. The third-order valence-electron chi connectivity index (χ3n) is 3.54. The molecule has 0 aromatic carbocycles. The van der Waals surface area contributed by atoms with Crippen LogP contribution in [-0.2, 0) is 23.8 Å². The molecule has 2 amide bonds. The van der Waals surface area contributed by atoms with Crippen LogP contribution in [0, 0.1) is 0 Å². The molecule has 9 heteroatoms. The molecule has 25 heavy (non-hydrogen) atoms. The maximum absolute atomic E-state index is 11.3. The molecule has 1 rings (SSSR count). The molecule has 0 aromatic heterocycles. The molecule has 0 spiro atoms. The van der Waals surface area contributed by atoms with Crippen molar-refractivity contribution < 1.29 is 34.0 Å². The standard InChI is InChI=1S/C16H28N2O7/c1-10(2)15(22)17-4-5-23-6-7-24-16-14(18-11(3)20)13(21)8-12(9-19)25-16/h12-14,16,19,21H,1,4-9H2,2-3H3,(H,17,22)(H,18,20)/t12-,13-,14+,16+/m0/s1. The zero-order chi connectivity index (χ0) is 18.8. The van der Waals surface area contributed by atoms with Crippen LogP contribution in [0.25, 0.3) is 0 Å². The molecule has 4 atom stereocenters. The largest absolute Gasteiger partial charge is 0.394 e. The molecular formula is C16H28N2O7. The average molecular weight is 360 g/mol. The van der Waals surface area contributed by atoms with E-state index in [1.54, 1.807) is 6.92 Å². The molecule has 1 fully saturated rings. The second-order valence-electron chi connectivity index (χ2n) is 5.86. The topological polar surface area (TPSA) is 126 Å². The van der Waals surface area contributed by atoms with E-state index in [1.807, 2.05) is 0 Å². The predicted octanol–water partition coefficient (Wildman–Crippen LogP) is -1.32. The Labute approximate surface area is 147 Å². The van der Waals surface area contributed by atoms with Gasteiger partial charge in [-0.3, -0.25) is 9.59 Å². The summed E-state index contributed by atoms with van der Waals surface area (Å²) >= 11 is 0. The Morgan fingerprint density at radius 3 is 2.60 bits per heavy atom. The summed E-state index contributed by atoms with van der Waals surface area (Å²) in [5.74, 6) is -0.536. The monoisotopic (exact) mass is 360 g/mol. The molecule has 4 N–H and O–H groups in total. The van der Waals surface area contributed by atoms with Gasteiger partial charge >= 0.3 is 0 Å². The van der Waals surface area contributed by atoms with Crippen LogP contribution in [0.4, 0.5) is 0 Å². The van der Waals surface area contributed by atoms with Crippen LogP contribution in [-0.4, -0.2) is 79.5 Å². The molecule has 0 unspecified atom stereocenters. The normalized spacial score (nSPS) is 26.1. The van der Waals surface area contributed by atoms with Gasteiger partial charge in [0.2, 0.25) is 11.8 Å². The first-order valence-corrected chi connectivity index (χ1v) is 8.19. The summed E-state index contributed by atoms with van der Waals surface area (Å²) in [4.78, 5) is 22.5. The van der Waals surface area contributed by atoms with Crippen LogP contribution < -0.4 is 10.6 Å². The molecule has 0 radical (unpaired) electrons. The third-order valence-corrected chi connectivity index (χ3v) is 3.54. The number of carbonyl (C=O) groups excluding carboxylic acids is 2. The van der Waals surface area contributed by atoms with Crippen LogP contribution in [0.2, 0.25) is 0 Å². The fourth-order valence-corrected chi connectivity index (χ4v) is 2.30. The summed E-state index contributed by atoms with van der Waals surface area (Å²) < 4.78 is 16.4. The van der Waals surface area contributed by atoms with E-state index in [9.17, 15) is 19.8 Å². The van der Waals surface area contributed by atoms with Gasteiger partial charge in [0.1, 0.15) is 6.04 Å². The second kappa shape index (κ2) is 11.2. The highest BCUT2D eigenvalue weighted by Crippen LogP contribution is 2.21. The Bertz CT molecular complexity index is 458. The van der Waals surface area contributed by atoms with E-state index in [-0.39, 0.29) is 38.1 Å². The molecule has 1 heterocycles. The fraction of sp³-hybridized carbons (Fsp3) is 0.750. The Morgan fingerprint density at radius 1 is 1.28 bits per heavy atom. The number of aliphatic hydroxyl groups is 2. The van der Waals surface area contributed by atoms with E-state index < -0.39 is 24.5 Å². The van der Waals surface area contributed by atoms with E-state index >= 15 is 0 Å². The first-order chi connectivity index (χ1) is 11.8.